The van der Waals surface area contributed by atoms with Crippen molar-refractivity contribution in [3.63, 3.8) is 0 Å². The summed E-state index contributed by atoms with van der Waals surface area (Å²) in [6.45, 7) is 1.67. The summed E-state index contributed by atoms with van der Waals surface area (Å²) >= 11 is 0. The summed E-state index contributed by atoms with van der Waals surface area (Å²) in [5.74, 6) is 0.892. The number of ether oxygens (including phenoxy) is 1. The molecule has 1 spiro atoms. The van der Waals surface area contributed by atoms with Crippen molar-refractivity contribution in [2.45, 2.75) is 25.3 Å². The van der Waals surface area contributed by atoms with Crippen molar-refractivity contribution in [2.24, 2.45) is 11.1 Å². The van der Waals surface area contributed by atoms with Crippen LogP contribution in [0.25, 0.3) is 11.1 Å². The minimum Gasteiger partial charge on any atom is -0.424 e. The number of hydrogen-bond donors (Lipinski definition) is 2. The fourth-order valence-corrected chi connectivity index (χ4v) is 5.04. The lowest BCUT2D eigenvalue weighted by Crippen LogP contribution is -2.30. The van der Waals surface area contributed by atoms with Crippen LogP contribution in [0.15, 0.2) is 42.5 Å². The largest absolute Gasteiger partial charge is 0.424 e. The quantitative estimate of drug-likeness (QED) is 0.524. The standard InChI is InChI=1S/C24H24FN5O/c1-27-18-7-3-6-16-17(18)11-19-21(16)22(30-12-20(26)24(13-30)8-9-24)29-23(28-19)31-15-5-2-4-14(25)10-15/h2-7,10,20,27H,8-9,11-13,26H2,1H3/t20-/m0/s1. The van der Waals surface area contributed by atoms with Crippen LogP contribution in [0.3, 0.4) is 0 Å². The number of fused-ring (bicyclic) bond motifs is 3. The molecule has 1 aliphatic heterocycles. The lowest BCUT2D eigenvalue weighted by Gasteiger charge is -2.21. The molecule has 1 aromatic heterocycles. The Labute approximate surface area is 180 Å². The third kappa shape index (κ3) is 2.95. The van der Waals surface area contributed by atoms with E-state index in [0.29, 0.717) is 12.2 Å². The van der Waals surface area contributed by atoms with E-state index in [-0.39, 0.29) is 23.3 Å². The van der Waals surface area contributed by atoms with Crippen molar-refractivity contribution in [3.8, 4) is 22.9 Å². The van der Waals surface area contributed by atoms with E-state index in [1.807, 2.05) is 7.05 Å². The van der Waals surface area contributed by atoms with Gasteiger partial charge in [-0.05, 0) is 42.2 Å². The van der Waals surface area contributed by atoms with Gasteiger partial charge in [0.05, 0.1) is 5.69 Å². The first-order chi connectivity index (χ1) is 15.1. The molecule has 3 aromatic rings. The zero-order chi connectivity index (χ0) is 21.2. The Balaban J connectivity index is 1.47. The third-order valence-corrected chi connectivity index (χ3v) is 6.91. The van der Waals surface area contributed by atoms with Crippen LogP contribution in [0, 0.1) is 11.2 Å². The lowest BCUT2D eigenvalue weighted by atomic mass is 10.0. The topological polar surface area (TPSA) is 76.3 Å². The number of hydrogen-bond acceptors (Lipinski definition) is 6. The van der Waals surface area contributed by atoms with Crippen molar-refractivity contribution in [1.29, 1.82) is 0 Å². The van der Waals surface area contributed by atoms with E-state index in [9.17, 15) is 4.39 Å². The summed E-state index contributed by atoms with van der Waals surface area (Å²) in [5.41, 5.74) is 12.2. The highest BCUT2D eigenvalue weighted by Gasteiger charge is 2.54. The molecule has 2 fully saturated rings. The summed E-state index contributed by atoms with van der Waals surface area (Å²) in [6.07, 6.45) is 3.04. The van der Waals surface area contributed by atoms with E-state index in [1.165, 1.54) is 30.5 Å². The molecule has 2 aliphatic carbocycles. The van der Waals surface area contributed by atoms with Gasteiger partial charge in [0.25, 0.3) is 0 Å². The Kier molecular flexibility index (Phi) is 3.99. The minimum atomic E-state index is -0.355. The van der Waals surface area contributed by atoms with Crippen molar-refractivity contribution < 1.29 is 9.13 Å². The number of halogens is 1. The van der Waals surface area contributed by atoms with Gasteiger partial charge in [-0.25, -0.2) is 4.39 Å². The summed E-state index contributed by atoms with van der Waals surface area (Å²) in [5, 5.41) is 3.29. The number of nitrogens with zero attached hydrogens (tertiary/aromatic N) is 3. The van der Waals surface area contributed by atoms with Crippen molar-refractivity contribution in [3.05, 3.63) is 59.5 Å². The maximum absolute atomic E-state index is 13.7. The summed E-state index contributed by atoms with van der Waals surface area (Å²) < 4.78 is 19.6. The van der Waals surface area contributed by atoms with Crippen molar-refractivity contribution in [2.75, 3.05) is 30.4 Å². The molecule has 1 saturated carbocycles. The van der Waals surface area contributed by atoms with Gasteiger partial charge < -0.3 is 20.7 Å². The number of nitrogens with two attached hydrogens (primary N) is 1. The van der Waals surface area contributed by atoms with Gasteiger partial charge in [0.1, 0.15) is 17.4 Å². The highest BCUT2D eigenvalue weighted by Crippen LogP contribution is 2.54. The molecule has 31 heavy (non-hydrogen) atoms. The first-order valence-electron chi connectivity index (χ1n) is 10.7. The average molecular weight is 417 g/mol. The lowest BCUT2D eigenvalue weighted by molar-refractivity contribution is 0.436. The summed E-state index contributed by atoms with van der Waals surface area (Å²) in [7, 11) is 1.93. The van der Waals surface area contributed by atoms with E-state index in [0.717, 1.165) is 41.4 Å². The SMILES string of the molecule is CNc1cccc2c1Cc1nc(Oc3cccc(F)c3)nc(N3C[C@H](N)C4(CC4)C3)c1-2. The van der Waals surface area contributed by atoms with Crippen LogP contribution in [0.1, 0.15) is 24.1 Å². The van der Waals surface area contributed by atoms with Crippen LogP contribution >= 0.6 is 0 Å². The Morgan fingerprint density at radius 3 is 2.77 bits per heavy atom. The molecule has 6 nitrogen and oxygen atoms in total. The molecule has 3 N–H and O–H groups in total. The smallest absolute Gasteiger partial charge is 0.324 e. The molecule has 1 saturated heterocycles. The Hall–Kier alpha value is -3.19. The van der Waals surface area contributed by atoms with Gasteiger partial charge >= 0.3 is 6.01 Å². The van der Waals surface area contributed by atoms with E-state index >= 15 is 0 Å². The van der Waals surface area contributed by atoms with Crippen LogP contribution < -0.4 is 20.7 Å². The molecule has 6 rings (SSSR count). The second-order valence-electron chi connectivity index (χ2n) is 8.82. The second kappa shape index (κ2) is 6.65. The minimum absolute atomic E-state index is 0.148. The summed E-state index contributed by atoms with van der Waals surface area (Å²) in [6, 6.07) is 12.7. The number of nitrogens with one attached hydrogen (secondary N) is 1. The molecule has 7 heteroatoms. The van der Waals surface area contributed by atoms with E-state index < -0.39 is 0 Å². The molecule has 0 amide bonds. The fraction of sp³-hybridized carbons (Fsp3) is 0.333. The molecule has 2 heterocycles. The van der Waals surface area contributed by atoms with Crippen LogP contribution in [-0.4, -0.2) is 36.1 Å². The van der Waals surface area contributed by atoms with Gasteiger partial charge in [-0.3, -0.25) is 0 Å². The molecular formula is C24H24FN5O. The predicted molar refractivity (Wildman–Crippen MR) is 118 cm³/mol. The van der Waals surface area contributed by atoms with Crippen LogP contribution in [0.5, 0.6) is 11.8 Å². The summed E-state index contributed by atoms with van der Waals surface area (Å²) in [4.78, 5) is 11.8. The van der Waals surface area contributed by atoms with Gasteiger partial charge in [0.15, 0.2) is 0 Å². The number of rotatable bonds is 4. The molecule has 2 aromatic carbocycles. The maximum Gasteiger partial charge on any atom is 0.324 e. The van der Waals surface area contributed by atoms with Crippen LogP contribution in [0.4, 0.5) is 15.9 Å². The first-order valence-corrected chi connectivity index (χ1v) is 10.7. The molecule has 1 atom stereocenters. The third-order valence-electron chi connectivity index (χ3n) is 6.91. The Bertz CT molecular complexity index is 1190. The highest BCUT2D eigenvalue weighted by molar-refractivity contribution is 5.88. The molecule has 0 bridgehead atoms. The van der Waals surface area contributed by atoms with Gasteiger partial charge in [0.2, 0.25) is 0 Å². The van der Waals surface area contributed by atoms with Gasteiger partial charge in [-0.2, -0.15) is 9.97 Å². The normalized spacial score (nSPS) is 20.0. The second-order valence-corrected chi connectivity index (χ2v) is 8.82. The number of anilines is 2. The number of aromatic nitrogens is 2. The highest BCUT2D eigenvalue weighted by atomic mass is 19.1. The predicted octanol–water partition coefficient (Wildman–Crippen LogP) is 3.95. The number of benzene rings is 2. The van der Waals surface area contributed by atoms with Gasteiger partial charge in [-0.15, -0.1) is 0 Å². The molecule has 0 unspecified atom stereocenters. The Morgan fingerprint density at radius 2 is 2.03 bits per heavy atom. The molecule has 0 radical (unpaired) electrons. The van der Waals surface area contributed by atoms with Crippen LogP contribution in [-0.2, 0) is 6.42 Å². The zero-order valence-corrected chi connectivity index (χ0v) is 17.4. The fourth-order valence-electron chi connectivity index (χ4n) is 5.04. The maximum atomic E-state index is 13.7. The van der Waals surface area contributed by atoms with Gasteiger partial charge in [0, 0.05) is 55.3 Å². The molecule has 3 aliphatic rings. The molecule has 158 valence electrons. The molecular weight excluding hydrogens is 393 g/mol. The van der Waals surface area contributed by atoms with Gasteiger partial charge in [-0.1, -0.05) is 18.2 Å². The van der Waals surface area contributed by atoms with Crippen LogP contribution in [0.2, 0.25) is 0 Å². The first kappa shape index (κ1) is 18.6. The Morgan fingerprint density at radius 1 is 1.19 bits per heavy atom. The van der Waals surface area contributed by atoms with E-state index in [2.05, 4.69) is 28.4 Å². The zero-order valence-electron chi connectivity index (χ0n) is 17.4. The van der Waals surface area contributed by atoms with E-state index in [1.54, 1.807) is 12.1 Å². The monoisotopic (exact) mass is 417 g/mol. The van der Waals surface area contributed by atoms with Crippen molar-refractivity contribution in [1.82, 2.24) is 9.97 Å². The average Bonchev–Trinajstić information content (AvgIpc) is 3.33. The van der Waals surface area contributed by atoms with Crippen molar-refractivity contribution >= 4 is 11.5 Å². The van der Waals surface area contributed by atoms with E-state index in [4.69, 9.17) is 20.4 Å².